The lowest BCUT2D eigenvalue weighted by Gasteiger charge is -2.19. The number of hydrogen-bond donors (Lipinski definition) is 0. The summed E-state index contributed by atoms with van der Waals surface area (Å²) < 4.78 is 23.6. The molecule has 0 N–H and O–H groups in total. The van der Waals surface area contributed by atoms with Gasteiger partial charge in [0.15, 0.2) is 9.84 Å². The summed E-state index contributed by atoms with van der Waals surface area (Å²) >= 11 is 0. The molecule has 0 aliphatic carbocycles. The first-order valence-corrected chi connectivity index (χ1v) is 11.6. The first kappa shape index (κ1) is 19.7. The van der Waals surface area contributed by atoms with Gasteiger partial charge < -0.3 is 4.90 Å². The van der Waals surface area contributed by atoms with Gasteiger partial charge in [0.05, 0.1) is 16.3 Å². The summed E-state index contributed by atoms with van der Waals surface area (Å²) in [6.07, 6.45) is 2.23. The van der Waals surface area contributed by atoms with Gasteiger partial charge in [0.2, 0.25) is 0 Å². The van der Waals surface area contributed by atoms with Gasteiger partial charge in [-0.15, -0.1) is 0 Å². The van der Waals surface area contributed by atoms with E-state index in [0.29, 0.717) is 4.90 Å². The molecule has 1 aliphatic rings. The van der Waals surface area contributed by atoms with Crippen LogP contribution in [-0.4, -0.2) is 43.4 Å². The van der Waals surface area contributed by atoms with Crippen LogP contribution in [-0.2, 0) is 16.4 Å². The highest BCUT2D eigenvalue weighted by Gasteiger charge is 2.23. The van der Waals surface area contributed by atoms with Gasteiger partial charge in [-0.25, -0.2) is 8.42 Å². The zero-order chi connectivity index (χ0) is 20.6. The second-order valence-electron chi connectivity index (χ2n) is 7.89. The van der Waals surface area contributed by atoms with E-state index in [9.17, 15) is 8.42 Å². The predicted octanol–water partition coefficient (Wildman–Crippen LogP) is 3.82. The second-order valence-corrected chi connectivity index (χ2v) is 9.91. The Labute approximate surface area is 172 Å². The Balaban J connectivity index is 1.74. The van der Waals surface area contributed by atoms with Crippen molar-refractivity contribution in [3.8, 4) is 11.3 Å². The van der Waals surface area contributed by atoms with Crippen molar-refractivity contribution in [2.75, 3.05) is 19.8 Å². The van der Waals surface area contributed by atoms with E-state index in [4.69, 9.17) is 0 Å². The number of fused-ring (bicyclic) bond motifs is 1. The van der Waals surface area contributed by atoms with Crippen molar-refractivity contribution < 1.29 is 8.42 Å². The lowest BCUT2D eigenvalue weighted by molar-refractivity contribution is 0.328. The Morgan fingerprint density at radius 1 is 1.00 bits per heavy atom. The van der Waals surface area contributed by atoms with Crippen molar-refractivity contribution in [1.82, 2.24) is 15.1 Å². The number of sulfone groups is 1. The van der Waals surface area contributed by atoms with Gasteiger partial charge in [-0.2, -0.15) is 10.2 Å². The van der Waals surface area contributed by atoms with Crippen LogP contribution < -0.4 is 0 Å². The van der Waals surface area contributed by atoms with Crippen LogP contribution >= 0.6 is 0 Å². The molecule has 150 valence electrons. The van der Waals surface area contributed by atoms with Crippen LogP contribution in [0.3, 0.4) is 0 Å². The number of hydrogen-bond acceptors (Lipinski definition) is 5. The van der Waals surface area contributed by atoms with Crippen molar-refractivity contribution in [3.63, 3.8) is 0 Å². The molecule has 0 radical (unpaired) electrons. The highest BCUT2D eigenvalue weighted by atomic mass is 32.2. The van der Waals surface area contributed by atoms with Crippen molar-refractivity contribution >= 4 is 9.84 Å². The molecule has 3 aromatic rings. The van der Waals surface area contributed by atoms with E-state index in [-0.39, 0.29) is 5.92 Å². The minimum Gasteiger partial charge on any atom is -0.302 e. The zero-order valence-electron chi connectivity index (χ0n) is 17.0. The lowest BCUT2D eigenvalue weighted by Crippen LogP contribution is -2.17. The minimum atomic E-state index is -3.19. The maximum absolute atomic E-state index is 11.8. The number of nitrogens with zero attached hydrogens (tertiary/aromatic N) is 3. The Bertz CT molecular complexity index is 1120. The van der Waals surface area contributed by atoms with Crippen molar-refractivity contribution in [2.45, 2.75) is 30.7 Å². The van der Waals surface area contributed by atoms with Crippen LogP contribution in [0.25, 0.3) is 11.3 Å². The first-order valence-electron chi connectivity index (χ1n) is 9.73. The van der Waals surface area contributed by atoms with Crippen LogP contribution in [0.1, 0.15) is 34.7 Å². The molecule has 6 heteroatoms. The number of aromatic nitrogens is 2. The molecular formula is C23H25N3O2S. The van der Waals surface area contributed by atoms with E-state index >= 15 is 0 Å². The SMILES string of the molecule is Cc1ccc(-c2ccc3c(c2)CN(C)CCC3c2ccc(S(C)(=O)=O)cc2)nn1. The highest BCUT2D eigenvalue weighted by molar-refractivity contribution is 7.90. The fourth-order valence-corrected chi connectivity index (χ4v) is 4.59. The van der Waals surface area contributed by atoms with Crippen LogP contribution in [0.5, 0.6) is 0 Å². The largest absolute Gasteiger partial charge is 0.302 e. The van der Waals surface area contributed by atoms with Gasteiger partial charge >= 0.3 is 0 Å². The molecule has 0 spiro atoms. The van der Waals surface area contributed by atoms with Crippen LogP contribution in [0, 0.1) is 6.92 Å². The predicted molar refractivity (Wildman–Crippen MR) is 115 cm³/mol. The minimum absolute atomic E-state index is 0.238. The molecule has 0 amide bonds. The Hall–Kier alpha value is -2.57. The fourth-order valence-electron chi connectivity index (χ4n) is 3.96. The van der Waals surface area contributed by atoms with E-state index in [1.54, 1.807) is 12.1 Å². The molecule has 0 saturated carbocycles. The number of aryl methyl sites for hydroxylation is 1. The molecule has 0 fully saturated rings. The molecule has 1 atom stereocenters. The molecule has 2 heterocycles. The van der Waals surface area contributed by atoms with E-state index in [1.807, 2.05) is 31.2 Å². The van der Waals surface area contributed by atoms with Crippen molar-refractivity contribution in [3.05, 3.63) is 77.0 Å². The molecule has 1 aliphatic heterocycles. The summed E-state index contributed by atoms with van der Waals surface area (Å²) in [5, 5.41) is 8.51. The van der Waals surface area contributed by atoms with Gasteiger partial charge in [0.1, 0.15) is 0 Å². The quantitative estimate of drug-likeness (QED) is 0.660. The first-order chi connectivity index (χ1) is 13.8. The smallest absolute Gasteiger partial charge is 0.175 e. The van der Waals surface area contributed by atoms with Gasteiger partial charge in [0.25, 0.3) is 0 Å². The van der Waals surface area contributed by atoms with E-state index in [0.717, 1.165) is 42.0 Å². The Morgan fingerprint density at radius 2 is 1.76 bits per heavy atom. The molecule has 1 unspecified atom stereocenters. The molecule has 2 aromatic carbocycles. The summed E-state index contributed by atoms with van der Waals surface area (Å²) in [7, 11) is -1.05. The molecule has 29 heavy (non-hydrogen) atoms. The lowest BCUT2D eigenvalue weighted by atomic mass is 9.86. The third kappa shape index (κ3) is 4.23. The standard InChI is InChI=1S/C23H25N3O2S/c1-16-4-11-23(25-24-16)18-7-10-21-19(14-18)15-26(2)13-12-22(21)17-5-8-20(9-6-17)29(3,27)28/h4-11,14,22H,12-13,15H2,1-3H3. The van der Waals surface area contributed by atoms with Crippen LogP contribution in [0.4, 0.5) is 0 Å². The molecule has 5 nitrogen and oxygen atoms in total. The number of rotatable bonds is 3. The summed E-state index contributed by atoms with van der Waals surface area (Å²) in [5.74, 6) is 0.238. The summed E-state index contributed by atoms with van der Waals surface area (Å²) in [4.78, 5) is 2.69. The van der Waals surface area contributed by atoms with E-state index < -0.39 is 9.84 Å². The maximum atomic E-state index is 11.8. The average Bonchev–Trinajstić information content (AvgIpc) is 2.85. The van der Waals surface area contributed by atoms with Crippen molar-refractivity contribution in [1.29, 1.82) is 0 Å². The molecule has 0 bridgehead atoms. The zero-order valence-corrected chi connectivity index (χ0v) is 17.8. The normalized spacial score (nSPS) is 17.6. The highest BCUT2D eigenvalue weighted by Crippen LogP contribution is 2.36. The van der Waals surface area contributed by atoms with Crippen LogP contribution in [0.15, 0.2) is 59.5 Å². The molecular weight excluding hydrogens is 382 g/mol. The molecule has 4 rings (SSSR count). The Morgan fingerprint density at radius 3 is 2.41 bits per heavy atom. The third-order valence-electron chi connectivity index (χ3n) is 5.56. The van der Waals surface area contributed by atoms with Crippen LogP contribution in [0.2, 0.25) is 0 Å². The topological polar surface area (TPSA) is 63.2 Å². The van der Waals surface area contributed by atoms with Gasteiger partial charge in [-0.05, 0) is 74.0 Å². The molecule has 1 aromatic heterocycles. The van der Waals surface area contributed by atoms with Crippen molar-refractivity contribution in [2.24, 2.45) is 0 Å². The summed E-state index contributed by atoms with van der Waals surface area (Å²) in [5.41, 5.74) is 6.57. The maximum Gasteiger partial charge on any atom is 0.175 e. The molecule has 0 saturated heterocycles. The van der Waals surface area contributed by atoms with E-state index in [1.165, 1.54) is 17.4 Å². The number of benzene rings is 2. The van der Waals surface area contributed by atoms with Gasteiger partial charge in [-0.3, -0.25) is 0 Å². The average molecular weight is 408 g/mol. The monoisotopic (exact) mass is 407 g/mol. The van der Waals surface area contributed by atoms with Gasteiger partial charge in [-0.1, -0.05) is 24.3 Å². The Kier molecular flexibility index (Phi) is 5.23. The summed E-state index contributed by atoms with van der Waals surface area (Å²) in [6, 6.07) is 17.9. The van der Waals surface area contributed by atoms with Gasteiger partial charge in [0, 0.05) is 24.3 Å². The third-order valence-corrected chi connectivity index (χ3v) is 6.69. The fraction of sp³-hybridized carbons (Fsp3) is 0.304. The summed E-state index contributed by atoms with van der Waals surface area (Å²) in [6.45, 7) is 3.79. The second kappa shape index (κ2) is 7.69. The van der Waals surface area contributed by atoms with E-state index in [2.05, 4.69) is 40.3 Å².